The number of hydrogen-bond donors (Lipinski definition) is 2. The lowest BCUT2D eigenvalue weighted by atomic mass is 9.91. The van der Waals surface area contributed by atoms with Gasteiger partial charge in [-0.1, -0.05) is 6.42 Å². The second-order valence-electron chi connectivity index (χ2n) is 5.21. The third-order valence-corrected chi connectivity index (χ3v) is 4.01. The lowest BCUT2D eigenvalue weighted by Crippen LogP contribution is -2.41. The van der Waals surface area contributed by atoms with Crippen molar-refractivity contribution < 1.29 is 5.11 Å². The number of aliphatic hydroxyl groups excluding tert-OH is 1. The van der Waals surface area contributed by atoms with Crippen LogP contribution in [-0.4, -0.2) is 34.2 Å². The summed E-state index contributed by atoms with van der Waals surface area (Å²) >= 11 is 0. The highest BCUT2D eigenvalue weighted by atomic mass is 16.3. The highest BCUT2D eigenvalue weighted by Gasteiger charge is 2.25. The summed E-state index contributed by atoms with van der Waals surface area (Å²) in [6, 6.07) is 0.612. The van der Waals surface area contributed by atoms with Gasteiger partial charge in [-0.05, 0) is 37.8 Å². The molecule has 1 aromatic rings. The molecule has 0 amide bonds. The number of aliphatic hydroxyl groups is 1. The first-order valence-electron chi connectivity index (χ1n) is 6.69. The second-order valence-corrected chi connectivity index (χ2v) is 5.21. The van der Waals surface area contributed by atoms with Crippen LogP contribution in [0.15, 0.2) is 6.20 Å². The predicted octanol–water partition coefficient (Wildman–Crippen LogP) is 1.63. The van der Waals surface area contributed by atoms with Gasteiger partial charge in [-0.2, -0.15) is 0 Å². The predicted molar refractivity (Wildman–Crippen MR) is 73.3 cm³/mol. The van der Waals surface area contributed by atoms with Crippen molar-refractivity contribution in [3.8, 4) is 0 Å². The number of rotatable bonds is 5. The number of nitrogens with two attached hydrogens (primary N) is 1. The summed E-state index contributed by atoms with van der Waals surface area (Å²) in [5.41, 5.74) is 10.0. The number of nitrogen functional groups attached to an aromatic ring is 1. The summed E-state index contributed by atoms with van der Waals surface area (Å²) in [4.78, 5) is 6.83. The molecule has 0 spiro atoms. The molecule has 1 saturated carbocycles. The molecule has 1 aliphatic carbocycles. The number of aryl methyl sites for hydroxylation is 1. The summed E-state index contributed by atoms with van der Waals surface area (Å²) in [5, 5.41) is 9.16. The van der Waals surface area contributed by atoms with Crippen LogP contribution in [0.3, 0.4) is 0 Å². The van der Waals surface area contributed by atoms with Crippen LogP contribution < -0.4 is 5.73 Å². The van der Waals surface area contributed by atoms with Crippen molar-refractivity contribution in [1.82, 2.24) is 9.88 Å². The minimum atomic E-state index is 0.205. The van der Waals surface area contributed by atoms with E-state index in [4.69, 9.17) is 10.8 Å². The van der Waals surface area contributed by atoms with Crippen molar-refractivity contribution >= 4 is 5.69 Å². The molecule has 1 heterocycles. The van der Waals surface area contributed by atoms with E-state index in [0.717, 1.165) is 35.6 Å². The van der Waals surface area contributed by atoms with E-state index in [9.17, 15) is 0 Å². The molecule has 0 unspecified atom stereocenters. The zero-order valence-electron chi connectivity index (χ0n) is 11.3. The Balaban J connectivity index is 2.13. The monoisotopic (exact) mass is 249 g/mol. The maximum absolute atomic E-state index is 9.16. The van der Waals surface area contributed by atoms with Crippen LogP contribution in [0, 0.1) is 13.8 Å². The molecular weight excluding hydrogens is 226 g/mol. The molecule has 2 rings (SSSR count). The fourth-order valence-corrected chi connectivity index (χ4v) is 2.42. The smallest absolute Gasteiger partial charge is 0.0593 e. The maximum atomic E-state index is 9.16. The first-order valence-corrected chi connectivity index (χ1v) is 6.69. The number of nitrogens with zero attached hydrogens (tertiary/aromatic N) is 2. The Kier molecular flexibility index (Phi) is 4.19. The van der Waals surface area contributed by atoms with E-state index < -0.39 is 0 Å². The molecule has 1 fully saturated rings. The van der Waals surface area contributed by atoms with Crippen molar-refractivity contribution in [2.75, 3.05) is 18.9 Å². The normalized spacial score (nSPS) is 16.0. The molecule has 0 saturated heterocycles. The first-order chi connectivity index (χ1) is 8.63. The Morgan fingerprint density at radius 2 is 2.17 bits per heavy atom. The van der Waals surface area contributed by atoms with E-state index >= 15 is 0 Å². The summed E-state index contributed by atoms with van der Waals surface area (Å²) in [5.74, 6) is 0. The van der Waals surface area contributed by atoms with Gasteiger partial charge in [0.15, 0.2) is 0 Å². The molecule has 4 nitrogen and oxygen atoms in total. The summed E-state index contributed by atoms with van der Waals surface area (Å²) in [7, 11) is 0. The van der Waals surface area contributed by atoms with Crippen LogP contribution in [0.4, 0.5) is 5.69 Å². The number of hydrogen-bond acceptors (Lipinski definition) is 4. The standard InChI is InChI=1S/C14H23N3O/c1-10-8-16-13(11(2)14(10)15)9-17(6-7-18)12-4-3-5-12/h8,12,18H,3-7,9H2,1-2H3,(H2,15,16). The molecule has 100 valence electrons. The summed E-state index contributed by atoms with van der Waals surface area (Å²) in [6.07, 6.45) is 5.62. The molecule has 0 radical (unpaired) electrons. The minimum Gasteiger partial charge on any atom is -0.398 e. The average molecular weight is 249 g/mol. The number of aromatic nitrogens is 1. The fraction of sp³-hybridized carbons (Fsp3) is 0.643. The third-order valence-electron chi connectivity index (χ3n) is 4.01. The Hall–Kier alpha value is -1.13. The van der Waals surface area contributed by atoms with Gasteiger partial charge in [0.2, 0.25) is 0 Å². The van der Waals surface area contributed by atoms with Crippen molar-refractivity contribution in [3.63, 3.8) is 0 Å². The molecule has 0 aliphatic heterocycles. The molecule has 0 aromatic carbocycles. The molecule has 3 N–H and O–H groups in total. The lowest BCUT2D eigenvalue weighted by molar-refractivity contribution is 0.0932. The van der Waals surface area contributed by atoms with Crippen LogP contribution in [0.25, 0.3) is 0 Å². The quantitative estimate of drug-likeness (QED) is 0.832. The molecule has 18 heavy (non-hydrogen) atoms. The molecule has 1 aromatic heterocycles. The topological polar surface area (TPSA) is 62.4 Å². The van der Waals surface area contributed by atoms with Crippen molar-refractivity contribution in [3.05, 3.63) is 23.0 Å². The van der Waals surface area contributed by atoms with Crippen molar-refractivity contribution in [1.29, 1.82) is 0 Å². The second kappa shape index (κ2) is 5.67. The largest absolute Gasteiger partial charge is 0.398 e. The lowest BCUT2D eigenvalue weighted by Gasteiger charge is -2.37. The number of pyridine rings is 1. The van der Waals surface area contributed by atoms with Gasteiger partial charge < -0.3 is 10.8 Å². The van der Waals surface area contributed by atoms with Gasteiger partial charge in [0.05, 0.1) is 12.3 Å². The molecule has 0 bridgehead atoms. The fourth-order valence-electron chi connectivity index (χ4n) is 2.42. The summed E-state index contributed by atoms with van der Waals surface area (Å²) in [6.45, 7) is 5.73. The van der Waals surface area contributed by atoms with Crippen LogP contribution in [-0.2, 0) is 6.54 Å². The zero-order chi connectivity index (χ0) is 13.1. The Labute approximate surface area is 109 Å². The first kappa shape index (κ1) is 13.3. The highest BCUT2D eigenvalue weighted by Crippen LogP contribution is 2.27. The van der Waals surface area contributed by atoms with E-state index in [1.54, 1.807) is 0 Å². The minimum absolute atomic E-state index is 0.205. The Bertz CT molecular complexity index is 416. The molecule has 1 aliphatic rings. The van der Waals surface area contributed by atoms with E-state index in [1.165, 1.54) is 19.3 Å². The van der Waals surface area contributed by atoms with Crippen LogP contribution in [0.2, 0.25) is 0 Å². The van der Waals surface area contributed by atoms with E-state index in [0.29, 0.717) is 6.04 Å². The van der Waals surface area contributed by atoms with Crippen molar-refractivity contribution in [2.45, 2.75) is 45.7 Å². The molecule has 0 atom stereocenters. The number of anilines is 1. The van der Waals surface area contributed by atoms with Crippen LogP contribution >= 0.6 is 0 Å². The van der Waals surface area contributed by atoms with Gasteiger partial charge in [0.1, 0.15) is 0 Å². The molecular formula is C14H23N3O. The maximum Gasteiger partial charge on any atom is 0.0593 e. The highest BCUT2D eigenvalue weighted by molar-refractivity contribution is 5.53. The van der Waals surface area contributed by atoms with Gasteiger partial charge in [-0.15, -0.1) is 0 Å². The molecule has 4 heteroatoms. The van der Waals surface area contributed by atoms with Crippen LogP contribution in [0.1, 0.15) is 36.1 Å². The van der Waals surface area contributed by atoms with Gasteiger partial charge in [0, 0.05) is 31.0 Å². The van der Waals surface area contributed by atoms with E-state index in [-0.39, 0.29) is 6.61 Å². The zero-order valence-corrected chi connectivity index (χ0v) is 11.3. The van der Waals surface area contributed by atoms with Gasteiger partial charge >= 0.3 is 0 Å². The van der Waals surface area contributed by atoms with Crippen LogP contribution in [0.5, 0.6) is 0 Å². The third kappa shape index (κ3) is 2.65. The summed E-state index contributed by atoms with van der Waals surface area (Å²) < 4.78 is 0. The Morgan fingerprint density at radius 1 is 1.44 bits per heavy atom. The van der Waals surface area contributed by atoms with Crippen molar-refractivity contribution in [2.24, 2.45) is 0 Å². The van der Waals surface area contributed by atoms with Gasteiger partial charge in [0.25, 0.3) is 0 Å². The average Bonchev–Trinajstić information content (AvgIpc) is 2.28. The van der Waals surface area contributed by atoms with Gasteiger partial charge in [-0.25, -0.2) is 0 Å². The Morgan fingerprint density at radius 3 is 2.72 bits per heavy atom. The van der Waals surface area contributed by atoms with Gasteiger partial charge in [-0.3, -0.25) is 9.88 Å². The SMILES string of the molecule is Cc1cnc(CN(CCO)C2CCC2)c(C)c1N. The van der Waals surface area contributed by atoms with E-state index in [1.807, 2.05) is 20.0 Å². The van der Waals surface area contributed by atoms with E-state index in [2.05, 4.69) is 9.88 Å².